The number of nitrogens with zero attached hydrogens (tertiary/aromatic N) is 2. The van der Waals surface area contributed by atoms with Gasteiger partial charge < -0.3 is 9.73 Å². The normalized spacial score (nSPS) is 10.8. The highest BCUT2D eigenvalue weighted by Crippen LogP contribution is 2.21. The summed E-state index contributed by atoms with van der Waals surface area (Å²) in [7, 11) is 0. The maximum Gasteiger partial charge on any atom is 0.417 e. The van der Waals surface area contributed by atoms with Crippen molar-refractivity contribution in [1.82, 2.24) is 15.2 Å². The Hall–Kier alpha value is -2.63. The van der Waals surface area contributed by atoms with Gasteiger partial charge in [0.05, 0.1) is 11.2 Å². The standard InChI is InChI=1S/C13H12N4O2/c1-2-14-12-6-4-9(16-17-12)8-3-5-11-10(7-8)15-13(18)19-11/h3-7H,2H2,1H3,(H,14,17)(H,15,18). The maximum absolute atomic E-state index is 11.1. The first-order valence-corrected chi connectivity index (χ1v) is 5.97. The van der Waals surface area contributed by atoms with Crippen LogP contribution in [0, 0.1) is 0 Å². The zero-order valence-corrected chi connectivity index (χ0v) is 10.3. The summed E-state index contributed by atoms with van der Waals surface area (Å²) < 4.78 is 4.95. The predicted octanol–water partition coefficient (Wildman–Crippen LogP) is 2.01. The van der Waals surface area contributed by atoms with Crippen LogP contribution < -0.4 is 11.1 Å². The van der Waals surface area contributed by atoms with Crippen molar-refractivity contribution >= 4 is 16.9 Å². The zero-order valence-electron chi connectivity index (χ0n) is 10.3. The van der Waals surface area contributed by atoms with Crippen LogP contribution in [0.2, 0.25) is 0 Å². The number of oxazole rings is 1. The Bertz CT molecular complexity index is 758. The van der Waals surface area contributed by atoms with Crippen LogP contribution in [0.25, 0.3) is 22.4 Å². The van der Waals surface area contributed by atoms with E-state index in [0.29, 0.717) is 11.1 Å². The molecule has 3 rings (SSSR count). The van der Waals surface area contributed by atoms with Gasteiger partial charge in [-0.05, 0) is 37.3 Å². The summed E-state index contributed by atoms with van der Waals surface area (Å²) in [4.78, 5) is 13.7. The largest absolute Gasteiger partial charge is 0.417 e. The lowest BCUT2D eigenvalue weighted by atomic mass is 10.1. The van der Waals surface area contributed by atoms with E-state index in [4.69, 9.17) is 4.42 Å². The van der Waals surface area contributed by atoms with Crippen molar-refractivity contribution in [1.29, 1.82) is 0 Å². The Labute approximate surface area is 108 Å². The van der Waals surface area contributed by atoms with Gasteiger partial charge in [0.1, 0.15) is 5.82 Å². The highest BCUT2D eigenvalue weighted by Gasteiger charge is 2.05. The molecule has 2 aromatic heterocycles. The lowest BCUT2D eigenvalue weighted by molar-refractivity contribution is 0.555. The fourth-order valence-corrected chi connectivity index (χ4v) is 1.87. The first-order chi connectivity index (χ1) is 9.26. The lowest BCUT2D eigenvalue weighted by Crippen LogP contribution is -2.00. The fraction of sp³-hybridized carbons (Fsp3) is 0.154. The summed E-state index contributed by atoms with van der Waals surface area (Å²) in [6, 6.07) is 9.15. The molecule has 0 aliphatic rings. The summed E-state index contributed by atoms with van der Waals surface area (Å²) in [5.74, 6) is 0.282. The summed E-state index contributed by atoms with van der Waals surface area (Å²) >= 11 is 0. The molecule has 2 N–H and O–H groups in total. The van der Waals surface area contributed by atoms with Crippen LogP contribution in [0.4, 0.5) is 5.82 Å². The predicted molar refractivity (Wildman–Crippen MR) is 72.0 cm³/mol. The average molecular weight is 256 g/mol. The Morgan fingerprint density at radius 1 is 1.26 bits per heavy atom. The lowest BCUT2D eigenvalue weighted by Gasteiger charge is -2.03. The minimum atomic E-state index is -0.458. The monoisotopic (exact) mass is 256 g/mol. The topological polar surface area (TPSA) is 83.8 Å². The highest BCUT2D eigenvalue weighted by atomic mass is 16.4. The quantitative estimate of drug-likeness (QED) is 0.748. The van der Waals surface area contributed by atoms with Crippen molar-refractivity contribution < 1.29 is 4.42 Å². The zero-order chi connectivity index (χ0) is 13.2. The van der Waals surface area contributed by atoms with E-state index in [0.717, 1.165) is 23.6 Å². The van der Waals surface area contributed by atoms with Crippen LogP contribution in [0.5, 0.6) is 0 Å². The van der Waals surface area contributed by atoms with Crippen molar-refractivity contribution in [2.75, 3.05) is 11.9 Å². The molecule has 1 aromatic carbocycles. The average Bonchev–Trinajstić information content (AvgIpc) is 2.79. The van der Waals surface area contributed by atoms with Crippen molar-refractivity contribution in [3.05, 3.63) is 40.9 Å². The van der Waals surface area contributed by atoms with Crippen molar-refractivity contribution in [3.63, 3.8) is 0 Å². The van der Waals surface area contributed by atoms with E-state index in [-0.39, 0.29) is 0 Å². The second-order valence-electron chi connectivity index (χ2n) is 4.06. The summed E-state index contributed by atoms with van der Waals surface area (Å²) in [5, 5.41) is 11.3. The molecule has 0 fully saturated rings. The Balaban J connectivity index is 2.00. The first kappa shape index (κ1) is 11.5. The summed E-state index contributed by atoms with van der Waals surface area (Å²) in [6.45, 7) is 2.80. The first-order valence-electron chi connectivity index (χ1n) is 5.97. The number of fused-ring (bicyclic) bond motifs is 1. The van der Waals surface area contributed by atoms with Crippen molar-refractivity contribution in [3.8, 4) is 11.3 Å². The van der Waals surface area contributed by atoms with E-state index in [2.05, 4.69) is 20.5 Å². The van der Waals surface area contributed by atoms with E-state index >= 15 is 0 Å². The molecule has 0 spiro atoms. The van der Waals surface area contributed by atoms with Crippen LogP contribution >= 0.6 is 0 Å². The van der Waals surface area contributed by atoms with Gasteiger partial charge in [0.2, 0.25) is 0 Å². The molecule has 0 aliphatic heterocycles. The molecule has 6 heteroatoms. The third-order valence-electron chi connectivity index (χ3n) is 2.74. The van der Waals surface area contributed by atoms with Gasteiger partial charge in [-0.3, -0.25) is 4.98 Å². The second kappa shape index (κ2) is 4.56. The number of nitrogens with one attached hydrogen (secondary N) is 2. The molecule has 0 saturated heterocycles. The third-order valence-corrected chi connectivity index (χ3v) is 2.74. The van der Waals surface area contributed by atoms with E-state index in [1.165, 1.54) is 0 Å². The van der Waals surface area contributed by atoms with Gasteiger partial charge >= 0.3 is 5.76 Å². The molecule has 0 atom stereocenters. The number of rotatable bonds is 3. The molecule has 2 heterocycles. The van der Waals surface area contributed by atoms with Crippen LogP contribution in [-0.4, -0.2) is 21.7 Å². The van der Waals surface area contributed by atoms with Crippen molar-refractivity contribution in [2.45, 2.75) is 6.92 Å². The third kappa shape index (κ3) is 2.20. The number of hydrogen-bond donors (Lipinski definition) is 2. The number of hydrogen-bond acceptors (Lipinski definition) is 5. The van der Waals surface area contributed by atoms with E-state index in [1.54, 1.807) is 6.07 Å². The summed E-state index contributed by atoms with van der Waals surface area (Å²) in [6.07, 6.45) is 0. The van der Waals surface area contributed by atoms with Crippen molar-refractivity contribution in [2.24, 2.45) is 0 Å². The Morgan fingerprint density at radius 2 is 2.16 bits per heavy atom. The van der Waals surface area contributed by atoms with Gasteiger partial charge in [0, 0.05) is 12.1 Å². The van der Waals surface area contributed by atoms with Gasteiger partial charge in [-0.1, -0.05) is 0 Å². The number of benzene rings is 1. The number of anilines is 1. The summed E-state index contributed by atoms with van der Waals surface area (Å²) in [5.41, 5.74) is 2.80. The van der Waals surface area contributed by atoms with Gasteiger partial charge in [-0.25, -0.2) is 4.79 Å². The van der Waals surface area contributed by atoms with Gasteiger partial charge in [0.15, 0.2) is 5.58 Å². The molecule has 0 radical (unpaired) electrons. The minimum Gasteiger partial charge on any atom is -0.408 e. The molecule has 0 aliphatic carbocycles. The molecular formula is C13H12N4O2. The Kier molecular flexibility index (Phi) is 2.75. The van der Waals surface area contributed by atoms with E-state index < -0.39 is 5.76 Å². The maximum atomic E-state index is 11.1. The van der Waals surface area contributed by atoms with E-state index in [9.17, 15) is 4.79 Å². The molecule has 0 bridgehead atoms. The van der Waals surface area contributed by atoms with Crippen LogP contribution in [-0.2, 0) is 0 Å². The smallest absolute Gasteiger partial charge is 0.408 e. The molecule has 0 saturated carbocycles. The minimum absolute atomic E-state index is 0.458. The number of H-pyrrole nitrogens is 1. The van der Waals surface area contributed by atoms with Crippen LogP contribution in [0.3, 0.4) is 0 Å². The highest BCUT2D eigenvalue weighted by molar-refractivity contribution is 5.78. The van der Waals surface area contributed by atoms with Gasteiger partial charge in [-0.15, -0.1) is 10.2 Å². The number of aromatic amines is 1. The molecule has 0 unspecified atom stereocenters. The molecule has 0 amide bonds. The van der Waals surface area contributed by atoms with Gasteiger partial charge in [-0.2, -0.15) is 0 Å². The van der Waals surface area contributed by atoms with Crippen LogP contribution in [0.15, 0.2) is 39.5 Å². The fourth-order valence-electron chi connectivity index (χ4n) is 1.87. The van der Waals surface area contributed by atoms with E-state index in [1.807, 2.05) is 31.2 Å². The molecule has 3 aromatic rings. The second-order valence-corrected chi connectivity index (χ2v) is 4.06. The number of aromatic nitrogens is 3. The molecule has 19 heavy (non-hydrogen) atoms. The molecular weight excluding hydrogens is 244 g/mol. The van der Waals surface area contributed by atoms with Gasteiger partial charge in [0.25, 0.3) is 0 Å². The molecule has 6 nitrogen and oxygen atoms in total. The molecule has 96 valence electrons. The Morgan fingerprint density at radius 3 is 2.89 bits per heavy atom. The van der Waals surface area contributed by atoms with Crippen LogP contribution in [0.1, 0.15) is 6.92 Å². The SMILES string of the molecule is CCNc1ccc(-c2ccc3oc(=O)[nH]c3c2)nn1.